The molecule has 4 nitrogen and oxygen atoms in total. The summed E-state index contributed by atoms with van der Waals surface area (Å²) in [7, 11) is 0. The largest absolute Gasteiger partial charge is 0.377 e. The fourth-order valence-corrected chi connectivity index (χ4v) is 2.40. The Balaban J connectivity index is 2.26. The highest BCUT2D eigenvalue weighted by Crippen LogP contribution is 2.27. The van der Waals surface area contributed by atoms with Gasteiger partial charge in [-0.25, -0.2) is 8.78 Å². The summed E-state index contributed by atoms with van der Waals surface area (Å²) >= 11 is 0. The summed E-state index contributed by atoms with van der Waals surface area (Å²) in [6.07, 6.45) is 1.72. The molecule has 3 N–H and O–H groups in total. The predicted molar refractivity (Wildman–Crippen MR) is 69.9 cm³/mol. The highest BCUT2D eigenvalue weighted by atomic mass is 19.1. The van der Waals surface area contributed by atoms with Crippen molar-refractivity contribution in [3.05, 3.63) is 35.4 Å². The number of carbonyl (C=O) groups is 1. The van der Waals surface area contributed by atoms with E-state index in [4.69, 9.17) is 10.5 Å². The molecule has 0 bridgehead atoms. The van der Waals surface area contributed by atoms with E-state index in [1.165, 1.54) is 13.0 Å². The molecule has 2 rings (SSSR count). The van der Waals surface area contributed by atoms with Crippen molar-refractivity contribution < 1.29 is 18.3 Å². The normalized spacial score (nSPS) is 21.6. The Hall–Kier alpha value is -1.53. The van der Waals surface area contributed by atoms with Gasteiger partial charge >= 0.3 is 0 Å². The predicted octanol–water partition coefficient (Wildman–Crippen LogP) is 1.43. The topological polar surface area (TPSA) is 64.3 Å². The summed E-state index contributed by atoms with van der Waals surface area (Å²) < 4.78 is 33.2. The van der Waals surface area contributed by atoms with E-state index in [0.29, 0.717) is 13.2 Å². The average Bonchev–Trinajstić information content (AvgIpc) is 2.89. The number of benzene rings is 1. The van der Waals surface area contributed by atoms with Gasteiger partial charge < -0.3 is 10.5 Å². The maximum Gasteiger partial charge on any atom is 0.242 e. The molecule has 110 valence electrons. The maximum atomic E-state index is 13.9. The van der Waals surface area contributed by atoms with Crippen LogP contribution < -0.4 is 11.1 Å². The summed E-state index contributed by atoms with van der Waals surface area (Å²) in [6.45, 7) is 2.35. The van der Waals surface area contributed by atoms with Gasteiger partial charge in [0, 0.05) is 13.2 Å². The number of amides is 1. The van der Waals surface area contributed by atoms with Crippen LogP contribution in [0, 0.1) is 11.6 Å². The number of primary amides is 1. The van der Waals surface area contributed by atoms with Gasteiger partial charge in [0.2, 0.25) is 5.91 Å². The molecule has 2 atom stereocenters. The Morgan fingerprint density at radius 1 is 1.50 bits per heavy atom. The van der Waals surface area contributed by atoms with Crippen LogP contribution in [0.3, 0.4) is 0 Å². The number of halogens is 2. The Labute approximate surface area is 116 Å². The van der Waals surface area contributed by atoms with Crippen molar-refractivity contribution in [2.75, 3.05) is 13.2 Å². The minimum Gasteiger partial charge on any atom is -0.377 e. The molecule has 1 aliphatic heterocycles. The molecule has 1 aromatic carbocycles. The number of nitrogens with two attached hydrogens (primary N) is 1. The lowest BCUT2D eigenvalue weighted by Gasteiger charge is -2.30. The molecule has 2 unspecified atom stereocenters. The lowest BCUT2D eigenvalue weighted by atomic mass is 9.89. The van der Waals surface area contributed by atoms with E-state index in [0.717, 1.165) is 25.0 Å². The first-order valence-corrected chi connectivity index (χ1v) is 6.56. The zero-order valence-corrected chi connectivity index (χ0v) is 11.3. The monoisotopic (exact) mass is 284 g/mol. The molecule has 0 aromatic heterocycles. The summed E-state index contributed by atoms with van der Waals surface area (Å²) in [5, 5.41) is 2.86. The lowest BCUT2D eigenvalue weighted by Crippen LogP contribution is -2.53. The summed E-state index contributed by atoms with van der Waals surface area (Å²) in [6, 6.07) is 3.45. The number of ether oxygens (including phenoxy) is 1. The summed E-state index contributed by atoms with van der Waals surface area (Å²) in [5.41, 5.74) is 3.38. The van der Waals surface area contributed by atoms with Gasteiger partial charge in [0.25, 0.3) is 0 Å². The molecule has 0 radical (unpaired) electrons. The van der Waals surface area contributed by atoms with Crippen LogP contribution in [0.4, 0.5) is 8.78 Å². The van der Waals surface area contributed by atoms with E-state index in [-0.39, 0.29) is 11.7 Å². The van der Waals surface area contributed by atoms with Gasteiger partial charge in [-0.05, 0) is 31.9 Å². The average molecular weight is 284 g/mol. The third kappa shape index (κ3) is 2.81. The van der Waals surface area contributed by atoms with Gasteiger partial charge in [-0.2, -0.15) is 0 Å². The first kappa shape index (κ1) is 14.9. The maximum absolute atomic E-state index is 13.9. The fraction of sp³-hybridized carbons (Fsp3) is 0.500. The molecule has 1 aromatic rings. The molecule has 20 heavy (non-hydrogen) atoms. The molecule has 1 heterocycles. The number of hydrogen-bond donors (Lipinski definition) is 2. The molecule has 1 amide bonds. The van der Waals surface area contributed by atoms with Crippen LogP contribution in [-0.2, 0) is 15.1 Å². The SMILES string of the molecule is CC(NCC1CCCO1)(C(N)=O)c1c(F)cccc1F. The first-order chi connectivity index (χ1) is 9.45. The van der Waals surface area contributed by atoms with E-state index in [2.05, 4.69) is 5.32 Å². The molecule has 1 saturated heterocycles. The first-order valence-electron chi connectivity index (χ1n) is 6.56. The Kier molecular flexibility index (Phi) is 4.35. The number of carbonyl (C=O) groups excluding carboxylic acids is 1. The van der Waals surface area contributed by atoms with Crippen molar-refractivity contribution in [1.82, 2.24) is 5.32 Å². The van der Waals surface area contributed by atoms with Crippen LogP contribution >= 0.6 is 0 Å². The molecule has 0 spiro atoms. The molecule has 0 aliphatic carbocycles. The minimum atomic E-state index is -1.61. The number of rotatable bonds is 5. The van der Waals surface area contributed by atoms with Gasteiger partial charge in [-0.15, -0.1) is 0 Å². The number of nitrogens with one attached hydrogen (secondary N) is 1. The Morgan fingerprint density at radius 2 is 2.15 bits per heavy atom. The van der Waals surface area contributed by atoms with Crippen molar-refractivity contribution in [3.63, 3.8) is 0 Å². The molecule has 1 aliphatic rings. The molecule has 0 saturated carbocycles. The van der Waals surface area contributed by atoms with E-state index in [1.807, 2.05) is 0 Å². The lowest BCUT2D eigenvalue weighted by molar-refractivity contribution is -0.124. The van der Waals surface area contributed by atoms with E-state index in [9.17, 15) is 13.6 Å². The van der Waals surface area contributed by atoms with Crippen LogP contribution in [0.2, 0.25) is 0 Å². The second-order valence-corrected chi connectivity index (χ2v) is 5.10. The Morgan fingerprint density at radius 3 is 2.65 bits per heavy atom. The van der Waals surface area contributed by atoms with Gasteiger partial charge in [0.15, 0.2) is 0 Å². The van der Waals surface area contributed by atoms with Crippen molar-refractivity contribution in [1.29, 1.82) is 0 Å². The van der Waals surface area contributed by atoms with Gasteiger partial charge in [-0.1, -0.05) is 6.07 Å². The zero-order chi connectivity index (χ0) is 14.8. The smallest absolute Gasteiger partial charge is 0.242 e. The Bertz CT molecular complexity index is 484. The third-order valence-electron chi connectivity index (χ3n) is 3.66. The second kappa shape index (κ2) is 5.85. The minimum absolute atomic E-state index is 0.0662. The van der Waals surface area contributed by atoms with Crippen LogP contribution in [0.5, 0.6) is 0 Å². The third-order valence-corrected chi connectivity index (χ3v) is 3.66. The van der Waals surface area contributed by atoms with Gasteiger partial charge in [-0.3, -0.25) is 10.1 Å². The van der Waals surface area contributed by atoms with Gasteiger partial charge in [0.05, 0.1) is 11.7 Å². The molecule has 6 heteroatoms. The van der Waals surface area contributed by atoms with Crippen LogP contribution in [0.1, 0.15) is 25.3 Å². The van der Waals surface area contributed by atoms with Gasteiger partial charge in [0.1, 0.15) is 17.2 Å². The summed E-state index contributed by atoms with van der Waals surface area (Å²) in [4.78, 5) is 11.7. The second-order valence-electron chi connectivity index (χ2n) is 5.10. The van der Waals surface area contributed by atoms with E-state index in [1.54, 1.807) is 0 Å². The number of hydrogen-bond acceptors (Lipinski definition) is 3. The highest BCUT2D eigenvalue weighted by Gasteiger charge is 2.38. The van der Waals surface area contributed by atoms with E-state index < -0.39 is 23.1 Å². The zero-order valence-electron chi connectivity index (χ0n) is 11.3. The highest BCUT2D eigenvalue weighted by molar-refractivity contribution is 5.85. The van der Waals surface area contributed by atoms with Crippen LogP contribution in [0.15, 0.2) is 18.2 Å². The van der Waals surface area contributed by atoms with Crippen LogP contribution in [-0.4, -0.2) is 25.2 Å². The van der Waals surface area contributed by atoms with Crippen molar-refractivity contribution in [2.24, 2.45) is 5.73 Å². The van der Waals surface area contributed by atoms with Crippen LogP contribution in [0.25, 0.3) is 0 Å². The van der Waals surface area contributed by atoms with Crippen molar-refractivity contribution >= 4 is 5.91 Å². The van der Waals surface area contributed by atoms with E-state index >= 15 is 0 Å². The standard InChI is InChI=1S/C14H18F2N2O2/c1-14(13(17)19,18-8-9-4-3-7-20-9)12-10(15)5-2-6-11(12)16/h2,5-6,9,18H,3-4,7-8H2,1H3,(H2,17,19). The molecular weight excluding hydrogens is 266 g/mol. The summed E-state index contributed by atoms with van der Waals surface area (Å²) in [5.74, 6) is -2.43. The van der Waals surface area contributed by atoms with Crippen molar-refractivity contribution in [3.8, 4) is 0 Å². The van der Waals surface area contributed by atoms with Crippen molar-refractivity contribution in [2.45, 2.75) is 31.4 Å². The quantitative estimate of drug-likeness (QED) is 0.860. The molecule has 1 fully saturated rings. The fourth-order valence-electron chi connectivity index (χ4n) is 2.40. The molecular formula is C14H18F2N2O2.